The van der Waals surface area contributed by atoms with Gasteiger partial charge in [-0.05, 0) is 74.5 Å². The lowest BCUT2D eigenvalue weighted by Gasteiger charge is -2.32. The van der Waals surface area contributed by atoms with E-state index in [2.05, 4.69) is 50.7 Å². The molecule has 0 spiro atoms. The molecule has 8 heteroatoms. The molecular formula is C27H34N4O4. The summed E-state index contributed by atoms with van der Waals surface area (Å²) in [7, 11) is 3.18. The van der Waals surface area contributed by atoms with Crippen LogP contribution in [0.15, 0.2) is 52.9 Å². The Morgan fingerprint density at radius 1 is 1.03 bits per heavy atom. The van der Waals surface area contributed by atoms with Gasteiger partial charge in [-0.25, -0.2) is 0 Å². The summed E-state index contributed by atoms with van der Waals surface area (Å²) in [6.07, 6.45) is 4.92. The van der Waals surface area contributed by atoms with E-state index >= 15 is 0 Å². The highest BCUT2D eigenvalue weighted by molar-refractivity contribution is 5.89. The van der Waals surface area contributed by atoms with E-state index in [1.54, 1.807) is 14.2 Å². The normalized spacial score (nSPS) is 14.6. The van der Waals surface area contributed by atoms with Crippen molar-refractivity contribution in [3.8, 4) is 11.5 Å². The van der Waals surface area contributed by atoms with E-state index in [1.807, 2.05) is 18.2 Å². The summed E-state index contributed by atoms with van der Waals surface area (Å²) in [5, 5.41) is 10.8. The maximum Gasteiger partial charge on any atom is 0.308 e. The Morgan fingerprint density at radius 2 is 1.80 bits per heavy atom. The number of likely N-dealkylation sites (tertiary alicyclic amines) is 1. The molecule has 186 valence electrons. The molecule has 2 heterocycles. The van der Waals surface area contributed by atoms with Crippen LogP contribution in [0.1, 0.15) is 47.0 Å². The van der Waals surface area contributed by atoms with Gasteiger partial charge in [-0.2, -0.15) is 0 Å². The quantitative estimate of drug-likeness (QED) is 0.420. The van der Waals surface area contributed by atoms with Crippen LogP contribution in [0.2, 0.25) is 0 Å². The van der Waals surface area contributed by atoms with Crippen LogP contribution in [0, 0.1) is 5.92 Å². The second-order valence-electron chi connectivity index (χ2n) is 8.95. The maximum absolute atomic E-state index is 12.4. The molecule has 1 aliphatic rings. The molecule has 0 radical (unpaired) electrons. The number of rotatable bonds is 11. The molecule has 0 unspecified atom stereocenters. The fraction of sp³-hybridized carbons (Fsp3) is 0.444. The zero-order chi connectivity index (χ0) is 24.5. The molecule has 1 aliphatic heterocycles. The summed E-state index contributed by atoms with van der Waals surface area (Å²) in [5.41, 5.74) is 2.35. The number of carbonyl (C=O) groups excluding carboxylic acids is 1. The Bertz CT molecular complexity index is 1080. The molecule has 1 fully saturated rings. The molecule has 0 atom stereocenters. The second kappa shape index (κ2) is 12.4. The zero-order valence-electron chi connectivity index (χ0n) is 20.5. The van der Waals surface area contributed by atoms with Gasteiger partial charge in [0.2, 0.25) is 5.89 Å². The van der Waals surface area contributed by atoms with Crippen LogP contribution in [0.5, 0.6) is 11.5 Å². The van der Waals surface area contributed by atoms with Crippen molar-refractivity contribution in [2.75, 3.05) is 40.4 Å². The summed E-state index contributed by atoms with van der Waals surface area (Å²) in [4.78, 5) is 14.9. The third kappa shape index (κ3) is 7.05. The Kier molecular flexibility index (Phi) is 8.73. The Morgan fingerprint density at radius 3 is 2.54 bits per heavy atom. The average molecular weight is 479 g/mol. The van der Waals surface area contributed by atoms with E-state index in [0.29, 0.717) is 30.4 Å². The van der Waals surface area contributed by atoms with Crippen LogP contribution in [0.25, 0.3) is 0 Å². The van der Waals surface area contributed by atoms with Crippen molar-refractivity contribution in [3.63, 3.8) is 0 Å². The molecule has 4 rings (SSSR count). The first kappa shape index (κ1) is 24.7. The monoisotopic (exact) mass is 478 g/mol. The number of hydrogen-bond donors (Lipinski definition) is 1. The van der Waals surface area contributed by atoms with Gasteiger partial charge in [0.05, 0.1) is 20.6 Å². The van der Waals surface area contributed by atoms with Gasteiger partial charge in [0.15, 0.2) is 11.5 Å². The lowest BCUT2D eigenvalue weighted by molar-refractivity contribution is 0.0914. The number of amides is 1. The number of piperidine rings is 1. The van der Waals surface area contributed by atoms with Gasteiger partial charge in [0.25, 0.3) is 0 Å². The number of hydrogen-bond acceptors (Lipinski definition) is 7. The van der Waals surface area contributed by atoms with Crippen LogP contribution in [-0.2, 0) is 12.8 Å². The van der Waals surface area contributed by atoms with E-state index in [0.717, 1.165) is 37.5 Å². The Hall–Kier alpha value is -3.39. The summed E-state index contributed by atoms with van der Waals surface area (Å²) < 4.78 is 16.2. The maximum atomic E-state index is 12.4. The first-order chi connectivity index (χ1) is 17.1. The Balaban J connectivity index is 1.15. The molecule has 3 aromatic rings. The number of carbonyl (C=O) groups is 1. The highest BCUT2D eigenvalue weighted by Gasteiger charge is 2.20. The third-order valence-corrected chi connectivity index (χ3v) is 6.48. The van der Waals surface area contributed by atoms with Crippen molar-refractivity contribution >= 4 is 5.91 Å². The van der Waals surface area contributed by atoms with Crippen molar-refractivity contribution in [1.29, 1.82) is 0 Å². The molecule has 1 saturated heterocycles. The van der Waals surface area contributed by atoms with Gasteiger partial charge in [0, 0.05) is 6.54 Å². The third-order valence-electron chi connectivity index (χ3n) is 6.48. The Labute approximate surface area is 206 Å². The number of aromatic nitrogens is 2. The van der Waals surface area contributed by atoms with E-state index in [-0.39, 0.29) is 11.8 Å². The molecule has 1 N–H and O–H groups in total. The molecule has 0 aliphatic carbocycles. The van der Waals surface area contributed by atoms with Crippen molar-refractivity contribution in [2.45, 2.75) is 32.1 Å². The van der Waals surface area contributed by atoms with Gasteiger partial charge in [0.1, 0.15) is 0 Å². The lowest BCUT2D eigenvalue weighted by atomic mass is 9.90. The fourth-order valence-electron chi connectivity index (χ4n) is 4.52. The van der Waals surface area contributed by atoms with Gasteiger partial charge in [-0.1, -0.05) is 36.4 Å². The molecule has 8 nitrogen and oxygen atoms in total. The first-order valence-corrected chi connectivity index (χ1v) is 12.2. The average Bonchev–Trinajstić information content (AvgIpc) is 3.36. The van der Waals surface area contributed by atoms with E-state index < -0.39 is 0 Å². The summed E-state index contributed by atoms with van der Waals surface area (Å²) >= 11 is 0. The highest BCUT2D eigenvalue weighted by atomic mass is 16.5. The summed E-state index contributed by atoms with van der Waals surface area (Å²) in [5.74, 6) is 2.07. The molecule has 35 heavy (non-hydrogen) atoms. The van der Waals surface area contributed by atoms with Crippen molar-refractivity contribution < 1.29 is 18.7 Å². The molecular weight excluding hydrogens is 444 g/mol. The second-order valence-corrected chi connectivity index (χ2v) is 8.95. The summed E-state index contributed by atoms with van der Waals surface area (Å²) in [6, 6.07) is 16.3. The minimum atomic E-state index is -0.336. The van der Waals surface area contributed by atoms with Crippen molar-refractivity contribution in [3.05, 3.63) is 71.4 Å². The van der Waals surface area contributed by atoms with Crippen LogP contribution >= 0.6 is 0 Å². The summed E-state index contributed by atoms with van der Waals surface area (Å²) in [6.45, 7) is 3.80. The number of benzene rings is 2. The number of methoxy groups -OCH3 is 2. The van der Waals surface area contributed by atoms with E-state index in [9.17, 15) is 4.79 Å². The smallest absolute Gasteiger partial charge is 0.308 e. The van der Waals surface area contributed by atoms with Gasteiger partial charge in [-0.3, -0.25) is 4.79 Å². The van der Waals surface area contributed by atoms with Crippen LogP contribution < -0.4 is 14.8 Å². The number of ether oxygens (including phenoxy) is 2. The first-order valence-electron chi connectivity index (χ1n) is 12.2. The molecule has 2 aromatic carbocycles. The predicted octanol–water partition coefficient (Wildman–Crippen LogP) is 3.75. The minimum absolute atomic E-state index is 0.0118. The van der Waals surface area contributed by atoms with Gasteiger partial charge in [-0.15, -0.1) is 10.2 Å². The SMILES string of the molecule is COc1ccc(Cc2nnc(C(=O)NCCCN3CCC(Cc4ccccc4)CC3)o2)cc1OC. The molecule has 1 amide bonds. The molecule has 0 bridgehead atoms. The number of nitrogens with zero attached hydrogens (tertiary/aromatic N) is 3. The molecule has 0 saturated carbocycles. The van der Waals surface area contributed by atoms with Gasteiger partial charge < -0.3 is 24.1 Å². The molecule has 1 aromatic heterocycles. The van der Waals surface area contributed by atoms with E-state index in [1.165, 1.54) is 24.8 Å². The van der Waals surface area contributed by atoms with Crippen LogP contribution in [0.3, 0.4) is 0 Å². The van der Waals surface area contributed by atoms with Crippen molar-refractivity contribution in [2.24, 2.45) is 5.92 Å². The van der Waals surface area contributed by atoms with Crippen molar-refractivity contribution in [1.82, 2.24) is 20.4 Å². The minimum Gasteiger partial charge on any atom is -0.493 e. The van der Waals surface area contributed by atoms with E-state index in [4.69, 9.17) is 13.9 Å². The predicted molar refractivity (Wildman–Crippen MR) is 133 cm³/mol. The fourth-order valence-corrected chi connectivity index (χ4v) is 4.52. The zero-order valence-corrected chi connectivity index (χ0v) is 20.5. The largest absolute Gasteiger partial charge is 0.493 e. The highest BCUT2D eigenvalue weighted by Crippen LogP contribution is 2.28. The van der Waals surface area contributed by atoms with Crippen LogP contribution in [-0.4, -0.2) is 61.4 Å². The van der Waals surface area contributed by atoms with Gasteiger partial charge >= 0.3 is 11.8 Å². The van der Waals surface area contributed by atoms with Crippen LogP contribution in [0.4, 0.5) is 0 Å². The lowest BCUT2D eigenvalue weighted by Crippen LogP contribution is -2.36. The number of nitrogens with one attached hydrogen (secondary N) is 1. The topological polar surface area (TPSA) is 89.7 Å². The standard InChI is InChI=1S/C27H34N4O4/c1-33-23-10-9-22(18-24(23)34-2)19-25-29-30-27(35-25)26(32)28-13-6-14-31-15-11-21(12-16-31)17-20-7-4-3-5-8-20/h3-5,7-10,18,21H,6,11-17,19H2,1-2H3,(H,28,32).